The molecule has 0 aromatic heterocycles. The van der Waals surface area contributed by atoms with Crippen LogP contribution in [0.3, 0.4) is 0 Å². The Labute approximate surface area is 88.9 Å². The Kier molecular flexibility index (Phi) is 3.97. The molecule has 4 heteroatoms. The zero-order valence-electron chi connectivity index (χ0n) is 8.86. The van der Waals surface area contributed by atoms with Crippen molar-refractivity contribution in [2.24, 2.45) is 0 Å². The second-order valence-electron chi connectivity index (χ2n) is 3.14. The summed E-state index contributed by atoms with van der Waals surface area (Å²) in [5, 5.41) is 11.8. The average Bonchev–Trinajstić information content (AvgIpc) is 2.25. The second kappa shape index (κ2) is 5.24. The van der Waals surface area contributed by atoms with Gasteiger partial charge in [-0.05, 0) is 18.6 Å². The third kappa shape index (κ3) is 2.87. The van der Waals surface area contributed by atoms with Crippen molar-refractivity contribution in [3.63, 3.8) is 0 Å². The molecule has 0 aliphatic heterocycles. The van der Waals surface area contributed by atoms with Crippen LogP contribution in [0, 0.1) is 0 Å². The molecule has 82 valence electrons. The first-order valence-electron chi connectivity index (χ1n) is 4.81. The Morgan fingerprint density at radius 2 is 2.20 bits per heavy atom. The van der Waals surface area contributed by atoms with Gasteiger partial charge in [0.25, 0.3) is 0 Å². The number of anilines is 1. The van der Waals surface area contributed by atoms with Gasteiger partial charge in [-0.2, -0.15) is 0 Å². The van der Waals surface area contributed by atoms with E-state index in [0.717, 1.165) is 0 Å². The number of hydrogen-bond donors (Lipinski definition) is 2. The van der Waals surface area contributed by atoms with E-state index in [1.807, 2.05) is 19.1 Å². The van der Waals surface area contributed by atoms with Crippen molar-refractivity contribution in [1.29, 1.82) is 0 Å². The third-order valence-corrected chi connectivity index (χ3v) is 2.14. The molecule has 0 bridgehead atoms. The van der Waals surface area contributed by atoms with Crippen LogP contribution in [0.2, 0.25) is 0 Å². The number of rotatable bonds is 5. The highest BCUT2D eigenvalue weighted by Crippen LogP contribution is 2.24. The van der Waals surface area contributed by atoms with Crippen LogP contribution in [-0.4, -0.2) is 24.2 Å². The fourth-order valence-corrected chi connectivity index (χ4v) is 1.29. The quantitative estimate of drug-likeness (QED) is 0.778. The zero-order chi connectivity index (χ0) is 11.3. The van der Waals surface area contributed by atoms with Gasteiger partial charge in [-0.15, -0.1) is 0 Å². The highest BCUT2D eigenvalue weighted by atomic mass is 16.5. The largest absolute Gasteiger partial charge is 0.495 e. The molecule has 4 nitrogen and oxygen atoms in total. The molecule has 0 saturated heterocycles. The molecular formula is C11H15NO3. The Balaban J connectivity index is 2.82. The predicted octanol–water partition coefficient (Wildman–Crippen LogP) is 1.97. The first-order valence-corrected chi connectivity index (χ1v) is 4.81. The van der Waals surface area contributed by atoms with Crippen LogP contribution in [0.4, 0.5) is 5.69 Å². The molecule has 1 aromatic carbocycles. The van der Waals surface area contributed by atoms with Crippen LogP contribution in [0.5, 0.6) is 5.75 Å². The van der Waals surface area contributed by atoms with Crippen LogP contribution < -0.4 is 10.1 Å². The summed E-state index contributed by atoms with van der Waals surface area (Å²) >= 11 is 0. The Bertz CT molecular complexity index is 338. The lowest BCUT2D eigenvalue weighted by Crippen LogP contribution is -2.28. The minimum Gasteiger partial charge on any atom is -0.495 e. The summed E-state index contributed by atoms with van der Waals surface area (Å²) in [7, 11) is 1.56. The summed E-state index contributed by atoms with van der Waals surface area (Å²) in [6.07, 6.45) is 0.521. The van der Waals surface area contributed by atoms with Crippen molar-refractivity contribution in [2.45, 2.75) is 19.4 Å². The lowest BCUT2D eigenvalue weighted by molar-refractivity contribution is -0.137. The minimum absolute atomic E-state index is 0.521. The zero-order valence-corrected chi connectivity index (χ0v) is 8.86. The van der Waals surface area contributed by atoms with E-state index in [2.05, 4.69) is 5.32 Å². The highest BCUT2D eigenvalue weighted by Gasteiger charge is 2.15. The van der Waals surface area contributed by atoms with Crippen molar-refractivity contribution >= 4 is 11.7 Å². The molecule has 0 spiro atoms. The Hall–Kier alpha value is -1.71. The standard InChI is InChI=1S/C11H15NO3/c1-3-8(11(13)14)12-9-6-4-5-7-10(9)15-2/h4-8,12H,3H2,1-2H3,(H,13,14)/t8-/m1/s1. The van der Waals surface area contributed by atoms with E-state index in [1.165, 1.54) is 0 Å². The number of para-hydroxylation sites is 2. The molecule has 1 rings (SSSR count). The van der Waals surface area contributed by atoms with E-state index in [4.69, 9.17) is 9.84 Å². The van der Waals surface area contributed by atoms with Crippen LogP contribution in [0.15, 0.2) is 24.3 Å². The van der Waals surface area contributed by atoms with Gasteiger partial charge in [-0.1, -0.05) is 19.1 Å². The van der Waals surface area contributed by atoms with E-state index in [-0.39, 0.29) is 0 Å². The van der Waals surface area contributed by atoms with Gasteiger partial charge in [0.15, 0.2) is 0 Å². The van der Waals surface area contributed by atoms with Crippen molar-refractivity contribution in [2.75, 3.05) is 12.4 Å². The maximum absolute atomic E-state index is 10.8. The van der Waals surface area contributed by atoms with E-state index in [0.29, 0.717) is 17.9 Å². The Morgan fingerprint density at radius 1 is 1.53 bits per heavy atom. The van der Waals surface area contributed by atoms with Gasteiger partial charge in [-0.3, -0.25) is 0 Å². The summed E-state index contributed by atoms with van der Waals surface area (Å²) in [4.78, 5) is 10.8. The number of methoxy groups -OCH3 is 1. The minimum atomic E-state index is -0.858. The number of carboxylic acid groups (broad SMARTS) is 1. The molecule has 0 heterocycles. The number of hydrogen-bond acceptors (Lipinski definition) is 3. The van der Waals surface area contributed by atoms with E-state index in [1.54, 1.807) is 19.2 Å². The molecule has 0 amide bonds. The van der Waals surface area contributed by atoms with Gasteiger partial charge >= 0.3 is 5.97 Å². The summed E-state index contributed by atoms with van der Waals surface area (Å²) in [6, 6.07) is 6.67. The monoisotopic (exact) mass is 209 g/mol. The third-order valence-electron chi connectivity index (χ3n) is 2.14. The van der Waals surface area contributed by atoms with Crippen LogP contribution in [0.1, 0.15) is 13.3 Å². The van der Waals surface area contributed by atoms with Crippen molar-refractivity contribution in [3.8, 4) is 5.75 Å². The van der Waals surface area contributed by atoms with Crippen LogP contribution in [0.25, 0.3) is 0 Å². The van der Waals surface area contributed by atoms with Gasteiger partial charge in [0, 0.05) is 0 Å². The number of carboxylic acids is 1. The van der Waals surface area contributed by atoms with E-state index in [9.17, 15) is 4.79 Å². The molecule has 0 aliphatic carbocycles. The molecule has 1 aromatic rings. The molecule has 0 fully saturated rings. The van der Waals surface area contributed by atoms with E-state index < -0.39 is 12.0 Å². The topological polar surface area (TPSA) is 58.6 Å². The number of nitrogens with one attached hydrogen (secondary N) is 1. The Morgan fingerprint density at radius 3 is 2.73 bits per heavy atom. The second-order valence-corrected chi connectivity index (χ2v) is 3.14. The van der Waals surface area contributed by atoms with E-state index >= 15 is 0 Å². The molecule has 0 radical (unpaired) electrons. The van der Waals surface area contributed by atoms with Gasteiger partial charge in [-0.25, -0.2) is 4.79 Å². The number of aliphatic carboxylic acids is 1. The molecule has 0 aliphatic rings. The normalized spacial score (nSPS) is 11.9. The summed E-state index contributed by atoms with van der Waals surface area (Å²) in [5.41, 5.74) is 0.703. The van der Waals surface area contributed by atoms with Gasteiger partial charge in [0.2, 0.25) is 0 Å². The summed E-state index contributed by atoms with van der Waals surface area (Å²) in [6.45, 7) is 1.82. The van der Waals surface area contributed by atoms with Crippen molar-refractivity contribution in [1.82, 2.24) is 0 Å². The van der Waals surface area contributed by atoms with Gasteiger partial charge in [0.1, 0.15) is 11.8 Å². The maximum atomic E-state index is 10.8. The molecular weight excluding hydrogens is 194 g/mol. The van der Waals surface area contributed by atoms with Gasteiger partial charge in [0.05, 0.1) is 12.8 Å². The number of ether oxygens (including phenoxy) is 1. The molecule has 15 heavy (non-hydrogen) atoms. The fourth-order valence-electron chi connectivity index (χ4n) is 1.29. The lowest BCUT2D eigenvalue weighted by atomic mass is 10.2. The van der Waals surface area contributed by atoms with Crippen LogP contribution in [-0.2, 0) is 4.79 Å². The number of carbonyl (C=O) groups is 1. The molecule has 1 atom stereocenters. The number of benzene rings is 1. The smallest absolute Gasteiger partial charge is 0.326 e. The van der Waals surface area contributed by atoms with Crippen molar-refractivity contribution < 1.29 is 14.6 Å². The average molecular weight is 209 g/mol. The molecule has 0 saturated carbocycles. The fraction of sp³-hybridized carbons (Fsp3) is 0.364. The van der Waals surface area contributed by atoms with Crippen molar-refractivity contribution in [3.05, 3.63) is 24.3 Å². The van der Waals surface area contributed by atoms with Crippen LogP contribution >= 0.6 is 0 Å². The molecule has 2 N–H and O–H groups in total. The van der Waals surface area contributed by atoms with Gasteiger partial charge < -0.3 is 15.2 Å². The first kappa shape index (κ1) is 11.4. The SMILES string of the molecule is CC[C@@H](Nc1ccccc1OC)C(=O)O. The first-order chi connectivity index (χ1) is 7.19. The predicted molar refractivity (Wildman–Crippen MR) is 58.3 cm³/mol. The summed E-state index contributed by atoms with van der Waals surface area (Å²) in [5.74, 6) is -0.208. The lowest BCUT2D eigenvalue weighted by Gasteiger charge is -2.15. The highest BCUT2D eigenvalue weighted by molar-refractivity contribution is 5.78. The maximum Gasteiger partial charge on any atom is 0.326 e. The molecule has 0 unspecified atom stereocenters. The summed E-state index contributed by atoms with van der Waals surface area (Å²) < 4.78 is 5.12.